The lowest BCUT2D eigenvalue weighted by atomic mass is 9.95. The fourth-order valence-electron chi connectivity index (χ4n) is 2.32. The lowest BCUT2D eigenvalue weighted by Crippen LogP contribution is -2.23. The predicted molar refractivity (Wildman–Crippen MR) is 71.4 cm³/mol. The Morgan fingerprint density at radius 2 is 2.00 bits per heavy atom. The Labute approximate surface area is 108 Å². The minimum atomic E-state index is 0.263. The smallest absolute Gasteiger partial charge is 0.132 e. The first-order chi connectivity index (χ1) is 8.78. The molecule has 0 saturated heterocycles. The number of anilines is 2. The Hall–Kier alpha value is -1.83. The van der Waals surface area contributed by atoms with Crippen molar-refractivity contribution in [3.05, 3.63) is 11.9 Å². The van der Waals surface area contributed by atoms with E-state index in [0.29, 0.717) is 11.9 Å². The van der Waals surface area contributed by atoms with E-state index in [2.05, 4.69) is 20.6 Å². The molecule has 1 aliphatic rings. The van der Waals surface area contributed by atoms with Crippen molar-refractivity contribution in [1.82, 2.24) is 9.97 Å². The molecule has 2 N–H and O–H groups in total. The minimum absolute atomic E-state index is 0.263. The summed E-state index contributed by atoms with van der Waals surface area (Å²) in [6, 6.07) is 4.44. The molecule has 1 aliphatic carbocycles. The first kappa shape index (κ1) is 12.6. The molecule has 5 heteroatoms. The van der Waals surface area contributed by atoms with E-state index in [0.717, 1.165) is 11.6 Å². The molecule has 2 rings (SSSR count). The van der Waals surface area contributed by atoms with Crippen molar-refractivity contribution in [3.63, 3.8) is 0 Å². The van der Waals surface area contributed by atoms with Crippen LogP contribution < -0.4 is 10.6 Å². The number of hydrogen-bond donors (Lipinski definition) is 2. The van der Waals surface area contributed by atoms with Crippen LogP contribution in [0.15, 0.2) is 6.07 Å². The molecule has 0 bridgehead atoms. The molecule has 0 amide bonds. The highest BCUT2D eigenvalue weighted by atomic mass is 15.1. The fourth-order valence-corrected chi connectivity index (χ4v) is 2.32. The van der Waals surface area contributed by atoms with Gasteiger partial charge in [0.05, 0.1) is 6.07 Å². The third-order valence-corrected chi connectivity index (χ3v) is 3.14. The highest BCUT2D eigenvalue weighted by Crippen LogP contribution is 2.21. The van der Waals surface area contributed by atoms with Gasteiger partial charge >= 0.3 is 0 Å². The van der Waals surface area contributed by atoms with Crippen molar-refractivity contribution in [2.24, 2.45) is 0 Å². The van der Waals surface area contributed by atoms with Gasteiger partial charge in [-0.3, -0.25) is 0 Å². The van der Waals surface area contributed by atoms with Crippen molar-refractivity contribution in [2.75, 3.05) is 17.2 Å². The average molecular weight is 245 g/mol. The number of nitrogens with one attached hydrogen (secondary N) is 2. The van der Waals surface area contributed by atoms with Crippen LogP contribution in [-0.2, 0) is 0 Å². The molecule has 5 nitrogen and oxygen atoms in total. The largest absolute Gasteiger partial charge is 0.367 e. The predicted octanol–water partition coefficient (Wildman–Crippen LogP) is 2.47. The number of hydrogen-bond acceptors (Lipinski definition) is 5. The maximum atomic E-state index is 8.56. The monoisotopic (exact) mass is 245 g/mol. The van der Waals surface area contributed by atoms with E-state index in [1.807, 2.05) is 19.1 Å². The highest BCUT2D eigenvalue weighted by molar-refractivity contribution is 5.48. The molecule has 0 aromatic carbocycles. The van der Waals surface area contributed by atoms with Crippen molar-refractivity contribution in [2.45, 2.75) is 45.1 Å². The van der Waals surface area contributed by atoms with Crippen LogP contribution in [0.5, 0.6) is 0 Å². The van der Waals surface area contributed by atoms with Crippen LogP contribution in [0.4, 0.5) is 11.6 Å². The molecule has 0 atom stereocenters. The van der Waals surface area contributed by atoms with Crippen LogP contribution in [0.1, 0.15) is 37.9 Å². The van der Waals surface area contributed by atoms with Gasteiger partial charge in [0.15, 0.2) is 0 Å². The Kier molecular flexibility index (Phi) is 4.35. The summed E-state index contributed by atoms with van der Waals surface area (Å²) in [6.45, 7) is 2.13. The van der Waals surface area contributed by atoms with Crippen LogP contribution >= 0.6 is 0 Å². The van der Waals surface area contributed by atoms with Crippen molar-refractivity contribution >= 4 is 11.6 Å². The van der Waals surface area contributed by atoms with E-state index >= 15 is 0 Å². The van der Waals surface area contributed by atoms with Crippen LogP contribution in [-0.4, -0.2) is 22.6 Å². The standard InChI is InChI=1S/C13H19N5/c1-10-16-12(15-8-7-14)9-13(17-10)18-11-5-3-2-4-6-11/h9,11H,2-6,8H2,1H3,(H2,15,16,17,18). The zero-order valence-corrected chi connectivity index (χ0v) is 10.7. The molecule has 18 heavy (non-hydrogen) atoms. The number of aryl methyl sites for hydroxylation is 1. The van der Waals surface area contributed by atoms with E-state index in [1.165, 1.54) is 32.1 Å². The van der Waals surface area contributed by atoms with E-state index in [4.69, 9.17) is 5.26 Å². The summed E-state index contributed by atoms with van der Waals surface area (Å²) in [5, 5.41) is 15.0. The zero-order valence-electron chi connectivity index (χ0n) is 10.7. The van der Waals surface area contributed by atoms with Crippen molar-refractivity contribution in [1.29, 1.82) is 5.26 Å². The highest BCUT2D eigenvalue weighted by Gasteiger charge is 2.14. The van der Waals surface area contributed by atoms with Crippen LogP contribution in [0, 0.1) is 18.3 Å². The van der Waals surface area contributed by atoms with Crippen molar-refractivity contribution in [3.8, 4) is 6.07 Å². The SMILES string of the molecule is Cc1nc(NCC#N)cc(NC2CCCCC2)n1. The quantitative estimate of drug-likeness (QED) is 0.797. The molecule has 1 aromatic rings. The maximum Gasteiger partial charge on any atom is 0.132 e. The third-order valence-electron chi connectivity index (χ3n) is 3.14. The summed E-state index contributed by atoms with van der Waals surface area (Å²) in [5.41, 5.74) is 0. The summed E-state index contributed by atoms with van der Waals surface area (Å²) in [4.78, 5) is 8.64. The molecule has 0 spiro atoms. The molecular formula is C13H19N5. The Morgan fingerprint density at radius 1 is 1.28 bits per heavy atom. The molecule has 96 valence electrons. The van der Waals surface area contributed by atoms with Gasteiger partial charge < -0.3 is 10.6 Å². The second kappa shape index (κ2) is 6.20. The summed E-state index contributed by atoms with van der Waals surface area (Å²) in [7, 11) is 0. The lowest BCUT2D eigenvalue weighted by Gasteiger charge is -2.23. The van der Waals surface area contributed by atoms with E-state index in [1.54, 1.807) is 0 Å². The Bertz CT molecular complexity index is 431. The van der Waals surface area contributed by atoms with E-state index < -0.39 is 0 Å². The molecule has 1 heterocycles. The summed E-state index contributed by atoms with van der Waals surface area (Å²) >= 11 is 0. The second-order valence-corrected chi connectivity index (χ2v) is 4.68. The normalized spacial score (nSPS) is 16.0. The molecule has 0 radical (unpaired) electrons. The number of aromatic nitrogens is 2. The van der Waals surface area contributed by atoms with Crippen molar-refractivity contribution < 1.29 is 0 Å². The first-order valence-electron chi connectivity index (χ1n) is 6.51. The van der Waals surface area contributed by atoms with Gasteiger partial charge in [-0.1, -0.05) is 19.3 Å². The lowest BCUT2D eigenvalue weighted by molar-refractivity contribution is 0.462. The van der Waals surface area contributed by atoms with Gasteiger partial charge in [0, 0.05) is 12.1 Å². The fraction of sp³-hybridized carbons (Fsp3) is 0.615. The molecular weight excluding hydrogens is 226 g/mol. The van der Waals surface area contributed by atoms with Gasteiger partial charge in [-0.2, -0.15) is 5.26 Å². The molecule has 0 aliphatic heterocycles. The molecule has 1 saturated carbocycles. The molecule has 1 fully saturated rings. The van der Waals surface area contributed by atoms with Crippen LogP contribution in [0.3, 0.4) is 0 Å². The van der Waals surface area contributed by atoms with Gasteiger partial charge in [-0.05, 0) is 19.8 Å². The van der Waals surface area contributed by atoms with E-state index in [9.17, 15) is 0 Å². The van der Waals surface area contributed by atoms with Gasteiger partial charge in [-0.15, -0.1) is 0 Å². The van der Waals surface area contributed by atoms with Gasteiger partial charge in [0.25, 0.3) is 0 Å². The summed E-state index contributed by atoms with van der Waals surface area (Å²) < 4.78 is 0. The number of nitrogens with zero attached hydrogens (tertiary/aromatic N) is 3. The number of rotatable bonds is 4. The number of nitriles is 1. The summed E-state index contributed by atoms with van der Waals surface area (Å²) in [6.07, 6.45) is 6.35. The topological polar surface area (TPSA) is 73.6 Å². The van der Waals surface area contributed by atoms with Gasteiger partial charge in [0.2, 0.25) is 0 Å². The van der Waals surface area contributed by atoms with Crippen LogP contribution in [0.2, 0.25) is 0 Å². The van der Waals surface area contributed by atoms with Gasteiger partial charge in [0.1, 0.15) is 24.0 Å². The average Bonchev–Trinajstić information content (AvgIpc) is 2.37. The van der Waals surface area contributed by atoms with Crippen LogP contribution in [0.25, 0.3) is 0 Å². The third kappa shape index (κ3) is 3.59. The maximum absolute atomic E-state index is 8.56. The Morgan fingerprint density at radius 3 is 2.72 bits per heavy atom. The second-order valence-electron chi connectivity index (χ2n) is 4.68. The molecule has 0 unspecified atom stereocenters. The molecule has 1 aromatic heterocycles. The first-order valence-corrected chi connectivity index (χ1v) is 6.51. The zero-order chi connectivity index (χ0) is 12.8. The minimum Gasteiger partial charge on any atom is -0.367 e. The summed E-state index contributed by atoms with van der Waals surface area (Å²) in [5.74, 6) is 2.29. The van der Waals surface area contributed by atoms with E-state index in [-0.39, 0.29) is 6.54 Å². The Balaban J connectivity index is 2.02. The van der Waals surface area contributed by atoms with Gasteiger partial charge in [-0.25, -0.2) is 9.97 Å².